The first-order chi connectivity index (χ1) is 17.4. The van der Waals surface area contributed by atoms with Gasteiger partial charge in [0.05, 0.1) is 17.0 Å². The minimum Gasteiger partial charge on any atom is -0.478 e. The summed E-state index contributed by atoms with van der Waals surface area (Å²) in [7, 11) is 0. The fourth-order valence-electron chi connectivity index (χ4n) is 5.09. The Balaban J connectivity index is 1.37. The second-order valence-electron chi connectivity index (χ2n) is 9.72. The van der Waals surface area contributed by atoms with Crippen molar-refractivity contribution in [1.82, 2.24) is 19.9 Å². The van der Waals surface area contributed by atoms with Crippen molar-refractivity contribution in [3.05, 3.63) is 65.7 Å². The largest absolute Gasteiger partial charge is 0.478 e. The summed E-state index contributed by atoms with van der Waals surface area (Å²) >= 11 is 0. The van der Waals surface area contributed by atoms with Crippen molar-refractivity contribution in [1.29, 1.82) is 0 Å². The second kappa shape index (κ2) is 10.2. The van der Waals surface area contributed by atoms with Gasteiger partial charge in [0.1, 0.15) is 11.6 Å². The number of hydrogen-bond acceptors (Lipinski definition) is 7. The predicted molar refractivity (Wildman–Crippen MR) is 137 cm³/mol. The SMILES string of the molecule is CC1CN(Cc2ccc(C(=O)O)cn2)CCN1c1cc(-c2ccc(F)cc2)nc(N2CCCC2C)n1. The van der Waals surface area contributed by atoms with E-state index in [4.69, 9.17) is 15.1 Å². The summed E-state index contributed by atoms with van der Waals surface area (Å²) in [4.78, 5) is 32.2. The van der Waals surface area contributed by atoms with Crippen LogP contribution in [0.5, 0.6) is 0 Å². The van der Waals surface area contributed by atoms with Crippen molar-refractivity contribution in [3.63, 3.8) is 0 Å². The fraction of sp³-hybridized carbons (Fsp3) is 0.407. The number of hydrogen-bond donors (Lipinski definition) is 1. The smallest absolute Gasteiger partial charge is 0.337 e. The number of carboxylic acid groups (broad SMARTS) is 1. The Morgan fingerprint density at radius 3 is 2.47 bits per heavy atom. The van der Waals surface area contributed by atoms with Crippen LogP contribution in [0.4, 0.5) is 16.2 Å². The van der Waals surface area contributed by atoms with E-state index in [9.17, 15) is 9.18 Å². The molecule has 4 heterocycles. The fourth-order valence-corrected chi connectivity index (χ4v) is 5.09. The Bertz CT molecular complexity index is 1220. The number of nitrogens with zero attached hydrogens (tertiary/aromatic N) is 6. The van der Waals surface area contributed by atoms with Crippen LogP contribution in [-0.4, -0.2) is 69.2 Å². The molecule has 2 atom stereocenters. The lowest BCUT2D eigenvalue weighted by atomic mass is 10.1. The Kier molecular flexibility index (Phi) is 6.82. The molecule has 0 saturated carbocycles. The second-order valence-corrected chi connectivity index (χ2v) is 9.72. The number of benzene rings is 1. The lowest BCUT2D eigenvalue weighted by Gasteiger charge is -2.40. The van der Waals surface area contributed by atoms with E-state index in [1.165, 1.54) is 18.3 Å². The molecule has 0 radical (unpaired) electrons. The van der Waals surface area contributed by atoms with E-state index >= 15 is 0 Å². The van der Waals surface area contributed by atoms with Crippen LogP contribution in [0.1, 0.15) is 42.7 Å². The summed E-state index contributed by atoms with van der Waals surface area (Å²) < 4.78 is 13.6. The first-order valence-corrected chi connectivity index (χ1v) is 12.5. The number of aromatic nitrogens is 3. The zero-order valence-electron chi connectivity index (χ0n) is 20.6. The number of anilines is 2. The van der Waals surface area contributed by atoms with Crippen LogP contribution in [-0.2, 0) is 6.54 Å². The summed E-state index contributed by atoms with van der Waals surface area (Å²) in [6, 6.07) is 12.4. The molecule has 2 saturated heterocycles. The zero-order valence-corrected chi connectivity index (χ0v) is 20.6. The quantitative estimate of drug-likeness (QED) is 0.553. The molecule has 9 heteroatoms. The van der Waals surface area contributed by atoms with Crippen molar-refractivity contribution in [2.24, 2.45) is 0 Å². The molecule has 2 aromatic heterocycles. The van der Waals surface area contributed by atoms with Gasteiger partial charge in [-0.15, -0.1) is 0 Å². The molecule has 0 bridgehead atoms. The van der Waals surface area contributed by atoms with Gasteiger partial charge >= 0.3 is 5.97 Å². The van der Waals surface area contributed by atoms with Gasteiger partial charge in [0.2, 0.25) is 5.95 Å². The van der Waals surface area contributed by atoms with E-state index in [-0.39, 0.29) is 17.4 Å². The summed E-state index contributed by atoms with van der Waals surface area (Å²) in [6.45, 7) is 8.45. The monoisotopic (exact) mass is 490 g/mol. The van der Waals surface area contributed by atoms with Crippen molar-refractivity contribution in [3.8, 4) is 11.3 Å². The number of rotatable bonds is 6. The van der Waals surface area contributed by atoms with Crippen LogP contribution in [0.15, 0.2) is 48.7 Å². The van der Waals surface area contributed by atoms with Gasteiger partial charge in [-0.3, -0.25) is 9.88 Å². The topological polar surface area (TPSA) is 85.7 Å². The highest BCUT2D eigenvalue weighted by Gasteiger charge is 2.28. The maximum atomic E-state index is 13.6. The minimum atomic E-state index is -0.969. The number of carbonyl (C=O) groups is 1. The summed E-state index contributed by atoms with van der Waals surface area (Å²) in [5.41, 5.74) is 2.72. The van der Waals surface area contributed by atoms with Crippen LogP contribution in [0, 0.1) is 5.82 Å². The molecule has 0 aliphatic carbocycles. The lowest BCUT2D eigenvalue weighted by Crippen LogP contribution is -2.52. The molecule has 2 unspecified atom stereocenters. The molecule has 0 spiro atoms. The lowest BCUT2D eigenvalue weighted by molar-refractivity contribution is 0.0696. The molecule has 1 aromatic carbocycles. The third kappa shape index (κ3) is 5.16. The van der Waals surface area contributed by atoms with Gasteiger partial charge in [-0.1, -0.05) is 0 Å². The minimum absolute atomic E-state index is 0.195. The Hall–Kier alpha value is -3.59. The molecule has 0 amide bonds. The van der Waals surface area contributed by atoms with Gasteiger partial charge < -0.3 is 14.9 Å². The van der Waals surface area contributed by atoms with E-state index in [0.717, 1.165) is 67.7 Å². The van der Waals surface area contributed by atoms with E-state index < -0.39 is 5.97 Å². The molecule has 5 rings (SSSR count). The summed E-state index contributed by atoms with van der Waals surface area (Å²) in [6.07, 6.45) is 3.66. The number of piperazine rings is 1. The number of pyridine rings is 1. The average Bonchev–Trinajstić information content (AvgIpc) is 3.30. The molecular formula is C27H31FN6O2. The van der Waals surface area contributed by atoms with E-state index in [1.807, 2.05) is 6.07 Å². The maximum absolute atomic E-state index is 13.6. The predicted octanol–water partition coefficient (Wildman–Crippen LogP) is 4.08. The highest BCUT2D eigenvalue weighted by molar-refractivity contribution is 5.87. The summed E-state index contributed by atoms with van der Waals surface area (Å²) in [5.74, 6) is 0.380. The van der Waals surface area contributed by atoms with E-state index in [2.05, 4.69) is 33.5 Å². The van der Waals surface area contributed by atoms with Gasteiger partial charge in [-0.25, -0.2) is 14.2 Å². The van der Waals surface area contributed by atoms with E-state index in [0.29, 0.717) is 12.6 Å². The van der Waals surface area contributed by atoms with Crippen LogP contribution in [0.2, 0.25) is 0 Å². The Labute approximate surface area is 210 Å². The maximum Gasteiger partial charge on any atom is 0.337 e. The standard InChI is InChI=1S/C27H31FN6O2/c1-18-4-3-11-34(18)27-30-24(20-5-8-22(28)9-6-20)14-25(31-27)33-13-12-32(16-19(33)2)17-23-10-7-21(15-29-23)26(35)36/h5-10,14-15,18-19H,3-4,11-13,16-17H2,1-2H3,(H,35,36). The first kappa shape index (κ1) is 24.1. The van der Waals surface area contributed by atoms with Crippen molar-refractivity contribution < 1.29 is 14.3 Å². The molecule has 188 valence electrons. The van der Waals surface area contributed by atoms with Gasteiger partial charge in [0, 0.05) is 62.6 Å². The third-order valence-electron chi connectivity index (χ3n) is 7.11. The molecule has 2 aliphatic heterocycles. The average molecular weight is 491 g/mol. The van der Waals surface area contributed by atoms with Crippen molar-refractivity contribution >= 4 is 17.7 Å². The van der Waals surface area contributed by atoms with Gasteiger partial charge in [0.25, 0.3) is 0 Å². The van der Waals surface area contributed by atoms with Crippen LogP contribution in [0.25, 0.3) is 11.3 Å². The molecule has 2 fully saturated rings. The normalized spacial score (nSPS) is 20.6. The first-order valence-electron chi connectivity index (χ1n) is 12.5. The molecular weight excluding hydrogens is 459 g/mol. The van der Waals surface area contributed by atoms with Crippen molar-refractivity contribution in [2.45, 2.75) is 45.3 Å². The molecule has 8 nitrogen and oxygen atoms in total. The van der Waals surface area contributed by atoms with Gasteiger partial charge in [-0.2, -0.15) is 4.98 Å². The van der Waals surface area contributed by atoms with Crippen molar-refractivity contribution in [2.75, 3.05) is 36.0 Å². The molecule has 3 aromatic rings. The number of aromatic carboxylic acids is 1. The van der Waals surface area contributed by atoms with Crippen LogP contribution < -0.4 is 9.80 Å². The van der Waals surface area contributed by atoms with Crippen LogP contribution in [0.3, 0.4) is 0 Å². The number of halogens is 1. The van der Waals surface area contributed by atoms with Gasteiger partial charge in [0.15, 0.2) is 0 Å². The number of carboxylic acids is 1. The summed E-state index contributed by atoms with van der Waals surface area (Å²) in [5, 5.41) is 9.09. The molecule has 2 aliphatic rings. The molecule has 1 N–H and O–H groups in total. The Morgan fingerprint density at radius 1 is 1.03 bits per heavy atom. The molecule has 36 heavy (non-hydrogen) atoms. The third-order valence-corrected chi connectivity index (χ3v) is 7.11. The van der Waals surface area contributed by atoms with Gasteiger partial charge in [-0.05, 0) is 63.1 Å². The Morgan fingerprint density at radius 2 is 1.83 bits per heavy atom. The van der Waals surface area contributed by atoms with E-state index in [1.54, 1.807) is 24.3 Å². The highest BCUT2D eigenvalue weighted by atomic mass is 19.1. The highest BCUT2D eigenvalue weighted by Crippen LogP contribution is 2.30. The zero-order chi connectivity index (χ0) is 25.2. The van der Waals surface area contributed by atoms with Crippen LogP contribution >= 0.6 is 0 Å².